The molecule has 0 bridgehead atoms. The van der Waals surface area contributed by atoms with E-state index in [9.17, 15) is 14.0 Å². The van der Waals surface area contributed by atoms with Crippen molar-refractivity contribution in [3.63, 3.8) is 0 Å². The molecule has 2 fully saturated rings. The van der Waals surface area contributed by atoms with Gasteiger partial charge in [0.2, 0.25) is 5.91 Å². The molecule has 0 atom stereocenters. The summed E-state index contributed by atoms with van der Waals surface area (Å²) in [4.78, 5) is 31.2. The van der Waals surface area contributed by atoms with Gasteiger partial charge in [0.1, 0.15) is 0 Å². The molecule has 3 amide bonds. The number of hydrogen-bond donors (Lipinski definition) is 0. The summed E-state index contributed by atoms with van der Waals surface area (Å²) in [5, 5.41) is 0. The summed E-state index contributed by atoms with van der Waals surface area (Å²) in [6.07, 6.45) is 3.42. The quantitative estimate of drug-likeness (QED) is 0.789. The molecule has 0 spiro atoms. The van der Waals surface area contributed by atoms with Crippen molar-refractivity contribution in [3.8, 4) is 5.75 Å². The van der Waals surface area contributed by atoms with Crippen molar-refractivity contribution in [2.45, 2.75) is 45.6 Å². The number of urea groups is 1. The van der Waals surface area contributed by atoms with Gasteiger partial charge in [-0.25, -0.2) is 9.18 Å². The first-order valence-corrected chi connectivity index (χ1v) is 10.1. The second-order valence-electron chi connectivity index (χ2n) is 7.86. The van der Waals surface area contributed by atoms with Gasteiger partial charge in [0.05, 0.1) is 7.11 Å². The number of likely N-dealkylation sites (tertiary alicyclic amines) is 2. The van der Waals surface area contributed by atoms with E-state index in [1.165, 1.54) is 13.2 Å². The number of amides is 3. The molecule has 2 saturated heterocycles. The second-order valence-corrected chi connectivity index (χ2v) is 7.86. The molecule has 28 heavy (non-hydrogen) atoms. The van der Waals surface area contributed by atoms with Crippen molar-refractivity contribution in [1.29, 1.82) is 0 Å². The van der Waals surface area contributed by atoms with Gasteiger partial charge in [-0.3, -0.25) is 4.79 Å². The summed E-state index contributed by atoms with van der Waals surface area (Å²) in [6.45, 7) is 6.70. The smallest absolute Gasteiger partial charge is 0.319 e. The Labute approximate surface area is 166 Å². The van der Waals surface area contributed by atoms with Crippen molar-refractivity contribution in [1.82, 2.24) is 9.80 Å². The SMILES string of the molecule is COc1ccc(N(C(=O)C2CCN(C(=O)N3CCCC3)CC2)C(C)C)cc1F. The molecule has 0 aliphatic carbocycles. The van der Waals surface area contributed by atoms with E-state index < -0.39 is 5.82 Å². The zero-order valence-corrected chi connectivity index (χ0v) is 17.0. The lowest BCUT2D eigenvalue weighted by molar-refractivity contribution is -0.124. The van der Waals surface area contributed by atoms with E-state index in [2.05, 4.69) is 0 Å². The van der Waals surface area contributed by atoms with Crippen LogP contribution in [-0.2, 0) is 4.79 Å². The number of carbonyl (C=O) groups excluding carboxylic acids is 2. The molecule has 0 unspecified atom stereocenters. The molecule has 3 rings (SSSR count). The second kappa shape index (κ2) is 8.80. The van der Waals surface area contributed by atoms with Gasteiger partial charge in [-0.05, 0) is 51.7 Å². The number of piperidine rings is 1. The highest BCUT2D eigenvalue weighted by molar-refractivity contribution is 5.95. The highest BCUT2D eigenvalue weighted by Crippen LogP contribution is 2.29. The first-order chi connectivity index (χ1) is 13.4. The molecule has 1 aromatic rings. The third kappa shape index (κ3) is 4.23. The zero-order chi connectivity index (χ0) is 20.3. The zero-order valence-electron chi connectivity index (χ0n) is 17.0. The van der Waals surface area contributed by atoms with Gasteiger partial charge in [0, 0.05) is 49.9 Å². The highest BCUT2D eigenvalue weighted by Gasteiger charge is 2.33. The standard InChI is InChI=1S/C21H30FN3O3/c1-15(2)25(17-6-7-19(28-3)18(22)14-17)20(26)16-8-12-24(13-9-16)21(27)23-10-4-5-11-23/h6-7,14-16H,4-5,8-13H2,1-3H3. The summed E-state index contributed by atoms with van der Waals surface area (Å²) in [7, 11) is 1.42. The van der Waals surface area contributed by atoms with Crippen LogP contribution in [0.15, 0.2) is 18.2 Å². The predicted octanol–water partition coefficient (Wildman–Crippen LogP) is 3.50. The molecule has 0 radical (unpaired) electrons. The average Bonchev–Trinajstić information content (AvgIpc) is 3.22. The van der Waals surface area contributed by atoms with Gasteiger partial charge in [0.25, 0.3) is 0 Å². The van der Waals surface area contributed by atoms with Gasteiger partial charge in [0.15, 0.2) is 11.6 Å². The van der Waals surface area contributed by atoms with E-state index in [1.54, 1.807) is 17.0 Å². The third-order valence-corrected chi connectivity index (χ3v) is 5.66. The lowest BCUT2D eigenvalue weighted by Gasteiger charge is -2.37. The van der Waals surface area contributed by atoms with Crippen LogP contribution in [0.4, 0.5) is 14.9 Å². The molecule has 2 aliphatic heterocycles. The number of benzene rings is 1. The number of rotatable bonds is 4. The first-order valence-electron chi connectivity index (χ1n) is 10.1. The van der Waals surface area contributed by atoms with Crippen molar-refractivity contribution >= 4 is 17.6 Å². The van der Waals surface area contributed by atoms with Crippen LogP contribution in [-0.4, -0.2) is 61.1 Å². The van der Waals surface area contributed by atoms with E-state index in [0.29, 0.717) is 31.6 Å². The first kappa shape index (κ1) is 20.4. The van der Waals surface area contributed by atoms with Crippen LogP contribution < -0.4 is 9.64 Å². The number of anilines is 1. The molecule has 154 valence electrons. The van der Waals surface area contributed by atoms with Gasteiger partial charge >= 0.3 is 6.03 Å². The Balaban J connectivity index is 1.66. The van der Waals surface area contributed by atoms with Gasteiger partial charge in [-0.1, -0.05) is 0 Å². The lowest BCUT2D eigenvalue weighted by Crippen LogP contribution is -2.49. The van der Waals surface area contributed by atoms with Crippen LogP contribution in [0.3, 0.4) is 0 Å². The molecule has 1 aromatic carbocycles. The van der Waals surface area contributed by atoms with Crippen LogP contribution >= 0.6 is 0 Å². The predicted molar refractivity (Wildman–Crippen MR) is 106 cm³/mol. The van der Waals surface area contributed by atoms with Crippen molar-refractivity contribution < 1.29 is 18.7 Å². The number of halogens is 1. The summed E-state index contributed by atoms with van der Waals surface area (Å²) in [5.41, 5.74) is 0.536. The summed E-state index contributed by atoms with van der Waals surface area (Å²) in [5.74, 6) is -0.485. The third-order valence-electron chi connectivity index (χ3n) is 5.66. The molecule has 6 nitrogen and oxygen atoms in total. The Hall–Kier alpha value is -2.31. The van der Waals surface area contributed by atoms with Crippen LogP contribution in [0.5, 0.6) is 5.75 Å². The maximum absolute atomic E-state index is 14.2. The lowest BCUT2D eigenvalue weighted by atomic mass is 9.94. The molecule has 0 aromatic heterocycles. The number of hydrogen-bond acceptors (Lipinski definition) is 3. The Morgan fingerprint density at radius 3 is 2.25 bits per heavy atom. The summed E-state index contributed by atoms with van der Waals surface area (Å²) < 4.78 is 19.1. The highest BCUT2D eigenvalue weighted by atomic mass is 19.1. The molecule has 2 heterocycles. The Morgan fingerprint density at radius 1 is 1.11 bits per heavy atom. The van der Waals surface area contributed by atoms with E-state index in [4.69, 9.17) is 4.74 Å². The molecule has 0 N–H and O–H groups in total. The largest absolute Gasteiger partial charge is 0.494 e. The summed E-state index contributed by atoms with van der Waals surface area (Å²) >= 11 is 0. The maximum atomic E-state index is 14.2. The van der Waals surface area contributed by atoms with E-state index in [-0.39, 0.29) is 29.6 Å². The Bertz CT molecular complexity index is 711. The maximum Gasteiger partial charge on any atom is 0.319 e. The van der Waals surface area contributed by atoms with Gasteiger partial charge < -0.3 is 19.4 Å². The fraction of sp³-hybridized carbons (Fsp3) is 0.619. The minimum atomic E-state index is -0.482. The number of nitrogens with zero attached hydrogens (tertiary/aromatic N) is 3. The number of ether oxygens (including phenoxy) is 1. The fourth-order valence-electron chi connectivity index (χ4n) is 4.11. The Kier molecular flexibility index (Phi) is 6.42. The Morgan fingerprint density at radius 2 is 1.71 bits per heavy atom. The topological polar surface area (TPSA) is 53.1 Å². The van der Waals surface area contributed by atoms with Crippen molar-refractivity contribution in [2.24, 2.45) is 5.92 Å². The molecular formula is C21H30FN3O3. The van der Waals surface area contributed by atoms with E-state index in [0.717, 1.165) is 25.9 Å². The minimum absolute atomic E-state index is 0.00663. The molecule has 0 saturated carbocycles. The number of methoxy groups -OCH3 is 1. The van der Waals surface area contributed by atoms with Gasteiger partial charge in [-0.2, -0.15) is 0 Å². The molecule has 2 aliphatic rings. The fourth-order valence-corrected chi connectivity index (χ4v) is 4.11. The van der Waals surface area contributed by atoms with Crippen LogP contribution in [0.25, 0.3) is 0 Å². The average molecular weight is 391 g/mol. The van der Waals surface area contributed by atoms with Crippen molar-refractivity contribution in [2.75, 3.05) is 38.2 Å². The normalized spacial score (nSPS) is 17.9. The van der Waals surface area contributed by atoms with E-state index >= 15 is 0 Å². The molecule has 7 heteroatoms. The summed E-state index contributed by atoms with van der Waals surface area (Å²) in [6, 6.07) is 4.62. The minimum Gasteiger partial charge on any atom is -0.494 e. The van der Waals surface area contributed by atoms with Crippen LogP contribution in [0.1, 0.15) is 39.5 Å². The van der Waals surface area contributed by atoms with Crippen LogP contribution in [0, 0.1) is 11.7 Å². The van der Waals surface area contributed by atoms with Crippen LogP contribution in [0.2, 0.25) is 0 Å². The molecular weight excluding hydrogens is 361 g/mol. The van der Waals surface area contributed by atoms with Crippen molar-refractivity contribution in [3.05, 3.63) is 24.0 Å². The number of carbonyl (C=O) groups is 2. The monoisotopic (exact) mass is 391 g/mol. The van der Waals surface area contributed by atoms with Gasteiger partial charge in [-0.15, -0.1) is 0 Å². The van der Waals surface area contributed by atoms with E-state index in [1.807, 2.05) is 23.6 Å².